The molecule has 4 heteroatoms. The normalized spacial score (nSPS) is 37.3. The van der Waals surface area contributed by atoms with Gasteiger partial charge in [-0.05, 0) is 31.1 Å². The largest absolute Gasteiger partial charge is 0.373 e. The van der Waals surface area contributed by atoms with E-state index in [1.165, 1.54) is 0 Å². The summed E-state index contributed by atoms with van der Waals surface area (Å²) in [6.07, 6.45) is 7.09. The van der Waals surface area contributed by atoms with Gasteiger partial charge in [-0.2, -0.15) is 0 Å². The number of hydrogen-bond acceptors (Lipinski definition) is 4. The highest BCUT2D eigenvalue weighted by Gasteiger charge is 2.45. The van der Waals surface area contributed by atoms with Gasteiger partial charge in [0, 0.05) is 6.42 Å². The second-order valence-electron chi connectivity index (χ2n) is 5.68. The summed E-state index contributed by atoms with van der Waals surface area (Å²) in [4.78, 5) is 10.7. The van der Waals surface area contributed by atoms with E-state index in [0.29, 0.717) is 24.7 Å². The van der Waals surface area contributed by atoms with Gasteiger partial charge in [0.05, 0.1) is 38.1 Å². The molecule has 0 aliphatic carbocycles. The van der Waals surface area contributed by atoms with E-state index in [-0.39, 0.29) is 5.41 Å². The molecule has 3 saturated heterocycles. The molecule has 3 atom stereocenters. The quantitative estimate of drug-likeness (QED) is 0.450. The van der Waals surface area contributed by atoms with E-state index in [2.05, 4.69) is 0 Å². The number of rotatable bonds is 9. The van der Waals surface area contributed by atoms with Gasteiger partial charge in [0.1, 0.15) is 6.29 Å². The molecule has 3 fully saturated rings. The molecule has 0 amide bonds. The monoisotopic (exact) mass is 240 g/mol. The molecule has 3 aliphatic rings. The molecule has 0 N–H and O–H groups in total. The Morgan fingerprint density at radius 2 is 1.35 bits per heavy atom. The lowest BCUT2D eigenvalue weighted by molar-refractivity contribution is -0.108. The van der Waals surface area contributed by atoms with Crippen LogP contribution in [0.3, 0.4) is 0 Å². The summed E-state index contributed by atoms with van der Waals surface area (Å²) in [5, 5.41) is 0. The maximum absolute atomic E-state index is 10.7. The molecular formula is C13H20O4. The van der Waals surface area contributed by atoms with Gasteiger partial charge in [0.15, 0.2) is 0 Å². The molecule has 4 nitrogen and oxygen atoms in total. The minimum Gasteiger partial charge on any atom is -0.373 e. The lowest BCUT2D eigenvalue weighted by Crippen LogP contribution is -2.27. The number of ether oxygens (including phenoxy) is 3. The van der Waals surface area contributed by atoms with Crippen LogP contribution >= 0.6 is 0 Å². The predicted molar refractivity (Wildman–Crippen MR) is 60.8 cm³/mol. The molecule has 0 spiro atoms. The molecule has 0 aromatic heterocycles. The van der Waals surface area contributed by atoms with Crippen LogP contribution in [0.2, 0.25) is 0 Å². The van der Waals surface area contributed by atoms with Gasteiger partial charge in [-0.3, -0.25) is 0 Å². The van der Waals surface area contributed by atoms with Gasteiger partial charge in [0.2, 0.25) is 0 Å². The third kappa shape index (κ3) is 3.50. The Labute approximate surface area is 102 Å². The molecule has 17 heavy (non-hydrogen) atoms. The zero-order valence-electron chi connectivity index (χ0n) is 10.1. The summed E-state index contributed by atoms with van der Waals surface area (Å²) in [6, 6.07) is 0. The summed E-state index contributed by atoms with van der Waals surface area (Å²) in [5.74, 6) is 0. The zero-order chi connectivity index (χ0) is 11.7. The Kier molecular flexibility index (Phi) is 3.19. The van der Waals surface area contributed by atoms with Crippen molar-refractivity contribution >= 4 is 6.29 Å². The molecule has 3 rings (SSSR count). The first-order valence-corrected chi connectivity index (χ1v) is 6.58. The molecule has 0 radical (unpaired) electrons. The number of aldehydes is 1. The van der Waals surface area contributed by atoms with Crippen LogP contribution in [0.4, 0.5) is 0 Å². The number of hydrogen-bond donors (Lipinski definition) is 0. The van der Waals surface area contributed by atoms with Crippen LogP contribution in [0, 0.1) is 5.41 Å². The smallest absolute Gasteiger partial charge is 0.120 e. The van der Waals surface area contributed by atoms with E-state index in [0.717, 1.165) is 51.8 Å². The van der Waals surface area contributed by atoms with E-state index < -0.39 is 0 Å². The highest BCUT2D eigenvalue weighted by Crippen LogP contribution is 2.46. The second-order valence-corrected chi connectivity index (χ2v) is 5.68. The molecule has 3 heterocycles. The fourth-order valence-electron chi connectivity index (χ4n) is 2.93. The highest BCUT2D eigenvalue weighted by atomic mass is 16.6. The summed E-state index contributed by atoms with van der Waals surface area (Å²) in [7, 11) is 0. The van der Waals surface area contributed by atoms with Crippen molar-refractivity contribution in [3.8, 4) is 0 Å². The summed E-state index contributed by atoms with van der Waals surface area (Å²) >= 11 is 0. The van der Waals surface area contributed by atoms with Crippen molar-refractivity contribution in [2.75, 3.05) is 19.8 Å². The molecule has 3 aliphatic heterocycles. The minimum absolute atomic E-state index is 0.199. The molecule has 0 bridgehead atoms. The standard InChI is InChI=1S/C13H20O4/c14-3-1-2-13(4-10-7-15-10,5-11-8-16-11)6-12-9-17-12/h3,10-12H,1-2,4-9H2. The molecule has 0 aromatic carbocycles. The number of epoxide rings is 3. The van der Waals surface area contributed by atoms with E-state index in [1.807, 2.05) is 0 Å². The van der Waals surface area contributed by atoms with Crippen LogP contribution in [0.1, 0.15) is 32.1 Å². The SMILES string of the molecule is O=CCCC(CC1CO1)(CC1CO1)CC1CO1. The van der Waals surface area contributed by atoms with Crippen LogP contribution in [-0.4, -0.2) is 44.4 Å². The summed E-state index contributed by atoms with van der Waals surface area (Å²) < 4.78 is 16.1. The summed E-state index contributed by atoms with van der Waals surface area (Å²) in [6.45, 7) is 2.67. The average Bonchev–Trinajstić information content (AvgIpc) is 3.07. The van der Waals surface area contributed by atoms with Crippen molar-refractivity contribution < 1.29 is 19.0 Å². The molecule has 96 valence electrons. The van der Waals surface area contributed by atoms with Gasteiger partial charge >= 0.3 is 0 Å². The molecule has 0 aromatic rings. The minimum atomic E-state index is 0.199. The van der Waals surface area contributed by atoms with Crippen LogP contribution in [0.25, 0.3) is 0 Å². The van der Waals surface area contributed by atoms with Gasteiger partial charge in [0.25, 0.3) is 0 Å². The van der Waals surface area contributed by atoms with Crippen LogP contribution in [0.5, 0.6) is 0 Å². The third-order valence-corrected chi connectivity index (χ3v) is 3.98. The van der Waals surface area contributed by atoms with E-state index in [1.54, 1.807) is 0 Å². The fraction of sp³-hybridized carbons (Fsp3) is 0.923. The third-order valence-electron chi connectivity index (χ3n) is 3.98. The van der Waals surface area contributed by atoms with Gasteiger partial charge in [-0.1, -0.05) is 0 Å². The van der Waals surface area contributed by atoms with Crippen molar-refractivity contribution in [3.63, 3.8) is 0 Å². The second kappa shape index (κ2) is 4.67. The van der Waals surface area contributed by atoms with Crippen LogP contribution in [0.15, 0.2) is 0 Å². The zero-order valence-corrected chi connectivity index (χ0v) is 10.1. The van der Waals surface area contributed by atoms with Crippen molar-refractivity contribution in [1.82, 2.24) is 0 Å². The first-order valence-electron chi connectivity index (χ1n) is 6.58. The first-order chi connectivity index (χ1) is 8.30. The molecule has 3 unspecified atom stereocenters. The van der Waals surface area contributed by atoms with E-state index in [9.17, 15) is 4.79 Å². The van der Waals surface area contributed by atoms with Crippen molar-refractivity contribution in [3.05, 3.63) is 0 Å². The van der Waals surface area contributed by atoms with Crippen molar-refractivity contribution in [2.24, 2.45) is 5.41 Å². The highest BCUT2D eigenvalue weighted by molar-refractivity contribution is 5.49. The Hall–Kier alpha value is -0.450. The Morgan fingerprint density at radius 3 is 1.65 bits per heavy atom. The Balaban J connectivity index is 1.64. The molecular weight excluding hydrogens is 220 g/mol. The van der Waals surface area contributed by atoms with E-state index >= 15 is 0 Å². The fourth-order valence-corrected chi connectivity index (χ4v) is 2.93. The Bertz CT molecular complexity index is 243. The topological polar surface area (TPSA) is 54.7 Å². The van der Waals surface area contributed by atoms with Crippen LogP contribution in [-0.2, 0) is 19.0 Å². The van der Waals surface area contributed by atoms with Crippen LogP contribution < -0.4 is 0 Å². The maximum Gasteiger partial charge on any atom is 0.120 e. The number of carbonyl (C=O) groups excluding carboxylic acids is 1. The van der Waals surface area contributed by atoms with Crippen molar-refractivity contribution in [1.29, 1.82) is 0 Å². The average molecular weight is 240 g/mol. The maximum atomic E-state index is 10.7. The van der Waals surface area contributed by atoms with Gasteiger partial charge < -0.3 is 19.0 Å². The number of carbonyl (C=O) groups is 1. The van der Waals surface area contributed by atoms with Gasteiger partial charge in [-0.25, -0.2) is 0 Å². The summed E-state index contributed by atoms with van der Waals surface area (Å²) in [5.41, 5.74) is 0.199. The van der Waals surface area contributed by atoms with Gasteiger partial charge in [-0.15, -0.1) is 0 Å². The predicted octanol–water partition coefficient (Wildman–Crippen LogP) is 1.32. The lowest BCUT2D eigenvalue weighted by Gasteiger charge is -2.32. The molecule has 0 saturated carbocycles. The van der Waals surface area contributed by atoms with Crippen molar-refractivity contribution in [2.45, 2.75) is 50.4 Å². The Morgan fingerprint density at radius 1 is 0.941 bits per heavy atom. The lowest BCUT2D eigenvalue weighted by atomic mass is 9.72. The first kappa shape index (κ1) is 11.6. The van der Waals surface area contributed by atoms with E-state index in [4.69, 9.17) is 14.2 Å².